The summed E-state index contributed by atoms with van der Waals surface area (Å²) in [7, 11) is -6.98. The van der Waals surface area contributed by atoms with Crippen LogP contribution in [0.3, 0.4) is 0 Å². The molecule has 1 rings (SSSR count). The average molecular weight is 327 g/mol. The summed E-state index contributed by atoms with van der Waals surface area (Å²) in [4.78, 5) is 0. The summed E-state index contributed by atoms with van der Waals surface area (Å²) in [6.07, 6.45) is 3.78. The van der Waals surface area contributed by atoms with Gasteiger partial charge in [-0.05, 0) is 31.1 Å². The molecule has 0 aromatic rings. The molecule has 0 aromatic heterocycles. The van der Waals surface area contributed by atoms with Gasteiger partial charge in [0.25, 0.3) is 0 Å². The first-order valence-corrected chi connectivity index (χ1v) is 10.4. The van der Waals surface area contributed by atoms with Crippen molar-refractivity contribution in [2.45, 2.75) is 45.1 Å². The van der Waals surface area contributed by atoms with E-state index in [1.165, 1.54) is 0 Å². The molecule has 0 atom stereocenters. The number of sulfone groups is 1. The molecule has 0 unspecified atom stereocenters. The van der Waals surface area contributed by atoms with Crippen LogP contribution in [0.15, 0.2) is 0 Å². The molecule has 1 aliphatic carbocycles. The largest absolute Gasteiger partial charge is 0.389 e. The van der Waals surface area contributed by atoms with Gasteiger partial charge in [0.15, 0.2) is 0 Å². The Hall–Kier alpha value is -0.180. The van der Waals surface area contributed by atoms with E-state index < -0.39 is 37.0 Å². The van der Waals surface area contributed by atoms with Crippen LogP contribution in [0.4, 0.5) is 0 Å². The highest BCUT2D eigenvalue weighted by Crippen LogP contribution is 2.39. The number of nitrogens with one attached hydrogen (secondary N) is 1. The quantitative estimate of drug-likeness (QED) is 0.730. The minimum atomic E-state index is -3.67. The Morgan fingerprint density at radius 1 is 1.00 bits per heavy atom. The first-order valence-electron chi connectivity index (χ1n) is 6.70. The van der Waals surface area contributed by atoms with Crippen LogP contribution in [0.5, 0.6) is 0 Å². The molecule has 1 saturated carbocycles. The van der Waals surface area contributed by atoms with E-state index in [2.05, 4.69) is 18.6 Å². The fourth-order valence-corrected chi connectivity index (χ4v) is 4.87. The Morgan fingerprint density at radius 2 is 1.50 bits per heavy atom. The van der Waals surface area contributed by atoms with Crippen molar-refractivity contribution < 1.29 is 21.9 Å². The molecule has 0 heterocycles. The van der Waals surface area contributed by atoms with Gasteiger partial charge in [0.1, 0.15) is 9.84 Å². The number of rotatable bonds is 6. The molecule has 0 aliphatic heterocycles. The predicted octanol–water partition coefficient (Wildman–Crippen LogP) is 0.282. The lowest BCUT2D eigenvalue weighted by Crippen LogP contribution is -2.47. The normalized spacial score (nSPS) is 22.6. The molecule has 0 amide bonds. The lowest BCUT2D eigenvalue weighted by atomic mass is 9.71. The van der Waals surface area contributed by atoms with E-state index in [0.29, 0.717) is 12.8 Å². The molecule has 0 radical (unpaired) electrons. The maximum absolute atomic E-state index is 11.7. The zero-order valence-electron chi connectivity index (χ0n) is 12.3. The van der Waals surface area contributed by atoms with Crippen LogP contribution in [0.25, 0.3) is 0 Å². The standard InChI is InChI=1S/C12H25NO5S2/c1-11(2)4-6-12(14,7-5-11)10-13-20(17,18)9-8-19(3,15)16/h13-14H,4-10H2,1-3H3. The zero-order valence-corrected chi connectivity index (χ0v) is 14.0. The van der Waals surface area contributed by atoms with E-state index in [1.54, 1.807) is 0 Å². The molecule has 8 heteroatoms. The maximum Gasteiger partial charge on any atom is 0.212 e. The average Bonchev–Trinajstić information content (AvgIpc) is 2.29. The third-order valence-corrected chi connectivity index (χ3v) is 6.41. The first kappa shape index (κ1) is 17.9. The number of sulfonamides is 1. The summed E-state index contributed by atoms with van der Waals surface area (Å²) in [6, 6.07) is 0. The van der Waals surface area contributed by atoms with Crippen molar-refractivity contribution in [3.8, 4) is 0 Å². The third kappa shape index (κ3) is 6.51. The minimum absolute atomic E-state index is 0.0465. The topological polar surface area (TPSA) is 101 Å². The van der Waals surface area contributed by atoms with Crippen molar-refractivity contribution in [3.05, 3.63) is 0 Å². The van der Waals surface area contributed by atoms with Crippen LogP contribution in [0.1, 0.15) is 39.5 Å². The Balaban J connectivity index is 2.50. The molecule has 0 aromatic carbocycles. The van der Waals surface area contributed by atoms with Gasteiger partial charge in [0, 0.05) is 12.8 Å². The molecule has 20 heavy (non-hydrogen) atoms. The highest BCUT2D eigenvalue weighted by molar-refractivity contribution is 7.93. The van der Waals surface area contributed by atoms with Gasteiger partial charge < -0.3 is 5.11 Å². The lowest BCUT2D eigenvalue weighted by molar-refractivity contribution is -0.0205. The van der Waals surface area contributed by atoms with Gasteiger partial charge in [-0.15, -0.1) is 0 Å². The van der Waals surface area contributed by atoms with Crippen LogP contribution < -0.4 is 4.72 Å². The van der Waals surface area contributed by atoms with Crippen LogP contribution in [-0.2, 0) is 19.9 Å². The molecule has 120 valence electrons. The van der Waals surface area contributed by atoms with E-state index in [-0.39, 0.29) is 12.0 Å². The van der Waals surface area contributed by atoms with Crippen molar-refractivity contribution in [1.82, 2.24) is 4.72 Å². The van der Waals surface area contributed by atoms with Crippen LogP contribution >= 0.6 is 0 Å². The fourth-order valence-electron chi connectivity index (χ4n) is 2.15. The summed E-state index contributed by atoms with van der Waals surface area (Å²) in [5.74, 6) is -0.874. The van der Waals surface area contributed by atoms with Gasteiger partial charge in [-0.2, -0.15) is 0 Å². The van der Waals surface area contributed by atoms with Gasteiger partial charge >= 0.3 is 0 Å². The molecule has 1 aliphatic rings. The Labute approximate surface area is 121 Å². The predicted molar refractivity (Wildman–Crippen MR) is 78.7 cm³/mol. The van der Waals surface area contributed by atoms with Gasteiger partial charge in [0.2, 0.25) is 10.0 Å². The molecule has 6 nitrogen and oxygen atoms in total. The Kier molecular flexibility index (Phi) is 5.27. The number of hydrogen-bond acceptors (Lipinski definition) is 5. The van der Waals surface area contributed by atoms with Gasteiger partial charge in [-0.1, -0.05) is 13.8 Å². The molecule has 1 fully saturated rings. The van der Waals surface area contributed by atoms with Crippen LogP contribution in [0.2, 0.25) is 0 Å². The highest BCUT2D eigenvalue weighted by atomic mass is 32.2. The maximum atomic E-state index is 11.7. The smallest absolute Gasteiger partial charge is 0.212 e. The summed E-state index contributed by atoms with van der Waals surface area (Å²) in [5.41, 5.74) is -0.838. The van der Waals surface area contributed by atoms with E-state index in [0.717, 1.165) is 19.1 Å². The fraction of sp³-hybridized carbons (Fsp3) is 1.00. The van der Waals surface area contributed by atoms with Crippen molar-refractivity contribution in [1.29, 1.82) is 0 Å². The summed E-state index contributed by atoms with van der Waals surface area (Å²) >= 11 is 0. The molecule has 0 spiro atoms. The monoisotopic (exact) mass is 327 g/mol. The van der Waals surface area contributed by atoms with Crippen molar-refractivity contribution in [2.75, 3.05) is 24.3 Å². The Morgan fingerprint density at radius 3 is 1.95 bits per heavy atom. The highest BCUT2D eigenvalue weighted by Gasteiger charge is 2.37. The van der Waals surface area contributed by atoms with Crippen molar-refractivity contribution in [3.63, 3.8) is 0 Å². The first-order chi connectivity index (χ1) is 8.83. The molecular formula is C12H25NO5S2. The molecular weight excluding hydrogens is 302 g/mol. The van der Waals surface area contributed by atoms with Crippen LogP contribution in [-0.4, -0.2) is 51.8 Å². The van der Waals surface area contributed by atoms with E-state index in [1.807, 2.05) is 0 Å². The van der Waals surface area contributed by atoms with Gasteiger partial charge in [0.05, 0.1) is 17.1 Å². The second-order valence-corrected chi connectivity index (χ2v) is 10.8. The van der Waals surface area contributed by atoms with Crippen LogP contribution in [0, 0.1) is 5.41 Å². The SMILES string of the molecule is CC1(C)CCC(O)(CNS(=O)(=O)CCS(C)(=O)=O)CC1. The second-order valence-electron chi connectivity index (χ2n) is 6.66. The molecule has 0 saturated heterocycles. The third-order valence-electron chi connectivity index (χ3n) is 3.88. The Bertz CT molecular complexity index is 526. The summed E-state index contributed by atoms with van der Waals surface area (Å²) in [5, 5.41) is 10.3. The van der Waals surface area contributed by atoms with Gasteiger partial charge in [-0.3, -0.25) is 0 Å². The minimum Gasteiger partial charge on any atom is -0.389 e. The number of aliphatic hydroxyl groups is 1. The van der Waals surface area contributed by atoms with E-state index in [9.17, 15) is 21.9 Å². The molecule has 2 N–H and O–H groups in total. The second kappa shape index (κ2) is 5.90. The molecule has 0 bridgehead atoms. The summed E-state index contributed by atoms with van der Waals surface area (Å²) in [6.45, 7) is 4.21. The number of hydrogen-bond donors (Lipinski definition) is 2. The van der Waals surface area contributed by atoms with Crippen molar-refractivity contribution >= 4 is 19.9 Å². The van der Waals surface area contributed by atoms with E-state index in [4.69, 9.17) is 0 Å². The van der Waals surface area contributed by atoms with Gasteiger partial charge in [-0.25, -0.2) is 21.6 Å². The zero-order chi connectivity index (χ0) is 15.7. The van der Waals surface area contributed by atoms with Crippen molar-refractivity contribution in [2.24, 2.45) is 5.41 Å². The van der Waals surface area contributed by atoms with E-state index >= 15 is 0 Å². The lowest BCUT2D eigenvalue weighted by Gasteiger charge is -2.40. The summed E-state index contributed by atoms with van der Waals surface area (Å²) < 4.78 is 47.7.